The van der Waals surface area contributed by atoms with Gasteiger partial charge in [-0.25, -0.2) is 5.43 Å². The predicted molar refractivity (Wildman–Crippen MR) is 114 cm³/mol. The van der Waals surface area contributed by atoms with Gasteiger partial charge in [-0.05, 0) is 29.8 Å². The molecule has 1 fully saturated rings. The SMILES string of the molecule is COc1cc(/C=N/NC(=O)c2cccc([N+](=O)[O-])c2)ccc1OCC(=O)N1CCOCC1. The van der Waals surface area contributed by atoms with Gasteiger partial charge in [-0.2, -0.15) is 5.10 Å². The molecule has 2 aromatic rings. The molecule has 1 N–H and O–H groups in total. The fraction of sp³-hybridized carbons (Fsp3) is 0.286. The minimum absolute atomic E-state index is 0.114. The van der Waals surface area contributed by atoms with Gasteiger partial charge >= 0.3 is 0 Å². The van der Waals surface area contributed by atoms with E-state index in [-0.39, 0.29) is 23.8 Å². The van der Waals surface area contributed by atoms with Crippen LogP contribution in [0.5, 0.6) is 11.5 Å². The van der Waals surface area contributed by atoms with Gasteiger partial charge in [0.2, 0.25) is 0 Å². The number of nitrogens with zero attached hydrogens (tertiary/aromatic N) is 3. The molecule has 11 heteroatoms. The number of nitrogens with one attached hydrogen (secondary N) is 1. The Hall–Kier alpha value is -3.99. The molecule has 11 nitrogen and oxygen atoms in total. The second kappa shape index (κ2) is 10.9. The Morgan fingerprint density at radius 1 is 1.22 bits per heavy atom. The van der Waals surface area contributed by atoms with Crippen molar-refractivity contribution in [3.63, 3.8) is 0 Å². The first-order chi connectivity index (χ1) is 15.5. The van der Waals surface area contributed by atoms with E-state index in [9.17, 15) is 19.7 Å². The molecule has 0 saturated carbocycles. The van der Waals surface area contributed by atoms with Crippen molar-refractivity contribution in [1.29, 1.82) is 0 Å². The highest BCUT2D eigenvalue weighted by Gasteiger charge is 2.18. The number of hydrogen-bond acceptors (Lipinski definition) is 8. The highest BCUT2D eigenvalue weighted by atomic mass is 16.6. The lowest BCUT2D eigenvalue weighted by atomic mass is 10.2. The van der Waals surface area contributed by atoms with Gasteiger partial charge < -0.3 is 19.1 Å². The van der Waals surface area contributed by atoms with E-state index < -0.39 is 10.8 Å². The van der Waals surface area contributed by atoms with Crippen molar-refractivity contribution in [1.82, 2.24) is 10.3 Å². The standard InChI is InChI=1S/C21H22N4O7/c1-30-19-11-15(5-6-18(19)32-14-20(26)24-7-9-31-10-8-24)13-22-23-21(27)16-3-2-4-17(12-16)25(28)29/h2-6,11-13H,7-10,14H2,1H3,(H,23,27)/b22-13+. The highest BCUT2D eigenvalue weighted by Crippen LogP contribution is 2.27. The Morgan fingerprint density at radius 2 is 2.00 bits per heavy atom. The number of hydrazone groups is 1. The number of ether oxygens (including phenoxy) is 3. The molecule has 0 aliphatic carbocycles. The molecule has 1 aliphatic heterocycles. The molecule has 2 amide bonds. The number of rotatable bonds is 8. The van der Waals surface area contributed by atoms with Gasteiger partial charge in [-0.15, -0.1) is 0 Å². The third-order valence-corrected chi connectivity index (χ3v) is 4.60. The van der Waals surface area contributed by atoms with Gasteiger partial charge in [0, 0.05) is 30.8 Å². The summed E-state index contributed by atoms with van der Waals surface area (Å²) in [4.78, 5) is 36.3. The zero-order valence-corrected chi connectivity index (χ0v) is 17.4. The van der Waals surface area contributed by atoms with Crippen molar-refractivity contribution < 1.29 is 28.7 Å². The predicted octanol–water partition coefficient (Wildman–Crippen LogP) is 1.60. The maximum absolute atomic E-state index is 12.2. The van der Waals surface area contributed by atoms with Crippen molar-refractivity contribution in [2.45, 2.75) is 0 Å². The van der Waals surface area contributed by atoms with E-state index in [0.717, 1.165) is 6.07 Å². The minimum Gasteiger partial charge on any atom is -0.493 e. The van der Waals surface area contributed by atoms with Crippen LogP contribution in [0.4, 0.5) is 5.69 Å². The number of amides is 2. The van der Waals surface area contributed by atoms with E-state index in [1.807, 2.05) is 0 Å². The molecule has 1 saturated heterocycles. The third kappa shape index (κ3) is 6.01. The molecule has 0 bridgehead atoms. The average Bonchev–Trinajstić information content (AvgIpc) is 2.83. The van der Waals surface area contributed by atoms with E-state index in [4.69, 9.17) is 14.2 Å². The zero-order chi connectivity index (χ0) is 22.9. The number of morpholine rings is 1. The number of carbonyl (C=O) groups is 2. The Balaban J connectivity index is 1.58. The fourth-order valence-corrected chi connectivity index (χ4v) is 2.92. The lowest BCUT2D eigenvalue weighted by molar-refractivity contribution is -0.384. The quantitative estimate of drug-likeness (QED) is 0.373. The van der Waals surface area contributed by atoms with Gasteiger partial charge in [-0.3, -0.25) is 19.7 Å². The lowest BCUT2D eigenvalue weighted by Crippen LogP contribution is -2.43. The summed E-state index contributed by atoms with van der Waals surface area (Å²) in [5.41, 5.74) is 2.85. The molecule has 0 radical (unpaired) electrons. The summed E-state index contributed by atoms with van der Waals surface area (Å²) in [6.45, 7) is 1.98. The van der Waals surface area contributed by atoms with Crippen LogP contribution < -0.4 is 14.9 Å². The molecule has 3 rings (SSSR count). The van der Waals surface area contributed by atoms with Gasteiger partial charge in [0.15, 0.2) is 18.1 Å². The topological polar surface area (TPSA) is 133 Å². The van der Waals surface area contributed by atoms with Gasteiger partial charge in [0.25, 0.3) is 17.5 Å². The average molecular weight is 442 g/mol. The number of carbonyl (C=O) groups excluding carboxylic acids is 2. The number of hydrogen-bond donors (Lipinski definition) is 1. The fourth-order valence-electron chi connectivity index (χ4n) is 2.92. The highest BCUT2D eigenvalue weighted by molar-refractivity contribution is 5.95. The second-order valence-electron chi connectivity index (χ2n) is 6.70. The summed E-state index contributed by atoms with van der Waals surface area (Å²) < 4.78 is 16.1. The van der Waals surface area contributed by atoms with Crippen LogP contribution in [0.1, 0.15) is 15.9 Å². The first-order valence-electron chi connectivity index (χ1n) is 9.72. The second-order valence-corrected chi connectivity index (χ2v) is 6.70. The van der Waals surface area contributed by atoms with Gasteiger partial charge in [0.1, 0.15) is 0 Å². The van der Waals surface area contributed by atoms with Crippen LogP contribution in [0.2, 0.25) is 0 Å². The molecule has 0 unspecified atom stereocenters. The molecule has 32 heavy (non-hydrogen) atoms. The summed E-state index contributed by atoms with van der Waals surface area (Å²) >= 11 is 0. The van der Waals surface area contributed by atoms with Crippen molar-refractivity contribution >= 4 is 23.7 Å². The van der Waals surface area contributed by atoms with E-state index in [2.05, 4.69) is 10.5 Å². The monoisotopic (exact) mass is 442 g/mol. The molecular formula is C21H22N4O7. The Morgan fingerprint density at radius 3 is 2.72 bits per heavy atom. The number of methoxy groups -OCH3 is 1. The summed E-state index contributed by atoms with van der Waals surface area (Å²) in [6, 6.07) is 10.3. The largest absolute Gasteiger partial charge is 0.493 e. The normalized spacial score (nSPS) is 13.6. The molecule has 1 aliphatic rings. The third-order valence-electron chi connectivity index (χ3n) is 4.60. The maximum Gasteiger partial charge on any atom is 0.271 e. The van der Waals surface area contributed by atoms with Crippen LogP contribution in [0.25, 0.3) is 0 Å². The van der Waals surface area contributed by atoms with E-state index >= 15 is 0 Å². The molecule has 0 aromatic heterocycles. The van der Waals surface area contributed by atoms with Crippen LogP contribution in [0.15, 0.2) is 47.6 Å². The molecular weight excluding hydrogens is 420 g/mol. The number of nitro groups is 1. The van der Waals surface area contributed by atoms with E-state index in [0.29, 0.717) is 43.4 Å². The molecule has 2 aromatic carbocycles. The van der Waals surface area contributed by atoms with Crippen molar-refractivity contribution in [2.75, 3.05) is 40.0 Å². The van der Waals surface area contributed by atoms with Crippen LogP contribution in [-0.4, -0.2) is 67.9 Å². The Labute approximate surface area is 183 Å². The van der Waals surface area contributed by atoms with Crippen molar-refractivity contribution in [2.24, 2.45) is 5.10 Å². The molecule has 0 spiro atoms. The summed E-state index contributed by atoms with van der Waals surface area (Å²) in [6.07, 6.45) is 1.39. The van der Waals surface area contributed by atoms with Crippen LogP contribution in [0, 0.1) is 10.1 Å². The smallest absolute Gasteiger partial charge is 0.271 e. The molecule has 1 heterocycles. The van der Waals surface area contributed by atoms with Crippen LogP contribution >= 0.6 is 0 Å². The van der Waals surface area contributed by atoms with Gasteiger partial charge in [0.05, 0.1) is 31.5 Å². The lowest BCUT2D eigenvalue weighted by Gasteiger charge is -2.26. The van der Waals surface area contributed by atoms with Gasteiger partial charge in [-0.1, -0.05) is 6.07 Å². The van der Waals surface area contributed by atoms with Crippen LogP contribution in [-0.2, 0) is 9.53 Å². The maximum atomic E-state index is 12.2. The summed E-state index contributed by atoms with van der Waals surface area (Å²) in [7, 11) is 1.47. The van der Waals surface area contributed by atoms with Crippen molar-refractivity contribution in [3.05, 3.63) is 63.7 Å². The summed E-state index contributed by atoms with van der Waals surface area (Å²) in [5, 5.41) is 14.7. The Kier molecular flexibility index (Phi) is 7.70. The van der Waals surface area contributed by atoms with Crippen LogP contribution in [0.3, 0.4) is 0 Å². The minimum atomic E-state index is -0.585. The van der Waals surface area contributed by atoms with E-state index in [1.165, 1.54) is 31.5 Å². The number of benzene rings is 2. The zero-order valence-electron chi connectivity index (χ0n) is 17.4. The molecule has 168 valence electrons. The van der Waals surface area contributed by atoms with Crippen molar-refractivity contribution in [3.8, 4) is 11.5 Å². The molecule has 0 atom stereocenters. The number of non-ortho nitro benzene ring substituents is 1. The number of nitro benzene ring substituents is 1. The Bertz CT molecular complexity index is 1020. The first kappa shape index (κ1) is 22.7. The van der Waals surface area contributed by atoms with E-state index in [1.54, 1.807) is 23.1 Å². The summed E-state index contributed by atoms with van der Waals surface area (Å²) in [5.74, 6) is 0.0731. The first-order valence-corrected chi connectivity index (χ1v) is 9.72.